The van der Waals surface area contributed by atoms with Gasteiger partial charge in [-0.3, -0.25) is 9.97 Å². The van der Waals surface area contributed by atoms with Crippen molar-refractivity contribution in [3.63, 3.8) is 0 Å². The Hall–Kier alpha value is -1.90. The summed E-state index contributed by atoms with van der Waals surface area (Å²) in [6.07, 6.45) is 4.98. The minimum Gasteiger partial charge on any atom is -0.375 e. The molecule has 0 saturated carbocycles. The van der Waals surface area contributed by atoms with E-state index < -0.39 is 21.4 Å². The molecule has 0 aliphatic carbocycles. The summed E-state index contributed by atoms with van der Waals surface area (Å²) in [5, 5.41) is 0. The zero-order valence-electron chi connectivity index (χ0n) is 8.55. The van der Waals surface area contributed by atoms with Crippen molar-refractivity contribution in [1.29, 1.82) is 0 Å². The van der Waals surface area contributed by atoms with E-state index in [2.05, 4.69) is 14.2 Å². The van der Waals surface area contributed by atoms with Gasteiger partial charge >= 0.3 is 15.6 Å². The smallest absolute Gasteiger partial charge is 0.375 e. The molecule has 0 N–H and O–H groups in total. The van der Waals surface area contributed by atoms with Crippen LogP contribution in [-0.2, 0) is 10.1 Å². The molecule has 0 aromatic heterocycles. The lowest BCUT2D eigenvalue weighted by atomic mass is 10.2. The van der Waals surface area contributed by atoms with Crippen LogP contribution in [0.5, 0.6) is 5.75 Å². The Kier molecular flexibility index (Phi) is 2.85. The van der Waals surface area contributed by atoms with Crippen molar-refractivity contribution in [2.24, 2.45) is 0 Å². The Labute approximate surface area is 99.7 Å². The monoisotopic (exact) mass is 278 g/mol. The van der Waals surface area contributed by atoms with Crippen LogP contribution in [0.4, 0.5) is 13.2 Å². The van der Waals surface area contributed by atoms with Crippen LogP contribution in [0.25, 0.3) is 11.1 Å². The SMILES string of the molecule is O=S(=O)(Oc1ccncc2cncc1-2)C(F)(F)F. The normalized spacial score (nSPS) is 12.6. The van der Waals surface area contributed by atoms with Gasteiger partial charge in [0.2, 0.25) is 0 Å². The number of aromatic nitrogens is 2. The van der Waals surface area contributed by atoms with Crippen LogP contribution in [0.2, 0.25) is 0 Å². The maximum absolute atomic E-state index is 12.2. The third kappa shape index (κ3) is 2.21. The van der Waals surface area contributed by atoms with Crippen molar-refractivity contribution in [1.82, 2.24) is 9.97 Å². The molecule has 9 heteroatoms. The molecule has 5 nitrogen and oxygen atoms in total. The summed E-state index contributed by atoms with van der Waals surface area (Å²) < 4.78 is 62.5. The van der Waals surface area contributed by atoms with Crippen LogP contribution in [0.15, 0.2) is 30.9 Å². The molecule has 0 unspecified atom stereocenters. The Morgan fingerprint density at radius 2 is 1.78 bits per heavy atom. The third-order valence-electron chi connectivity index (χ3n) is 2.00. The van der Waals surface area contributed by atoms with Gasteiger partial charge in [-0.1, -0.05) is 0 Å². The summed E-state index contributed by atoms with van der Waals surface area (Å²) in [4.78, 5) is 7.39. The van der Waals surface area contributed by atoms with Gasteiger partial charge in [0, 0.05) is 42.0 Å². The van der Waals surface area contributed by atoms with Crippen LogP contribution in [0, 0.1) is 0 Å². The second-order valence-corrected chi connectivity index (χ2v) is 4.76. The van der Waals surface area contributed by atoms with Crippen molar-refractivity contribution in [2.45, 2.75) is 5.51 Å². The van der Waals surface area contributed by atoms with E-state index in [0.29, 0.717) is 5.56 Å². The zero-order valence-corrected chi connectivity index (χ0v) is 9.36. The van der Waals surface area contributed by atoms with E-state index in [1.165, 1.54) is 18.6 Å². The summed E-state index contributed by atoms with van der Waals surface area (Å²) >= 11 is 0. The lowest BCUT2D eigenvalue weighted by Crippen LogP contribution is -2.28. The molecule has 0 atom stereocenters. The number of halogens is 3. The standard InChI is InChI=1S/C9H5F3N2O3S/c10-9(11,12)18(15,16)17-8-1-2-13-3-6-4-14-5-7(6)8/h1-5H. The van der Waals surface area contributed by atoms with Crippen LogP contribution < -0.4 is 4.18 Å². The highest BCUT2D eigenvalue weighted by atomic mass is 32.2. The van der Waals surface area contributed by atoms with E-state index in [1.807, 2.05) is 0 Å². The first-order valence-corrected chi connectivity index (χ1v) is 5.90. The molecule has 0 aromatic carbocycles. The molecule has 0 fully saturated rings. The van der Waals surface area contributed by atoms with Gasteiger partial charge < -0.3 is 4.18 Å². The molecule has 0 radical (unpaired) electrons. The Balaban J connectivity index is 2.47. The first kappa shape index (κ1) is 12.6. The van der Waals surface area contributed by atoms with Crippen molar-refractivity contribution in [3.8, 4) is 16.9 Å². The summed E-state index contributed by atoms with van der Waals surface area (Å²) in [5.74, 6) is -0.475. The minimum atomic E-state index is -5.71. The quantitative estimate of drug-likeness (QED) is 0.619. The maximum Gasteiger partial charge on any atom is 0.534 e. The van der Waals surface area contributed by atoms with E-state index in [9.17, 15) is 21.6 Å². The van der Waals surface area contributed by atoms with Gasteiger partial charge in [-0.05, 0) is 0 Å². The highest BCUT2D eigenvalue weighted by molar-refractivity contribution is 7.88. The topological polar surface area (TPSA) is 69.2 Å². The fourth-order valence-electron chi connectivity index (χ4n) is 1.21. The largest absolute Gasteiger partial charge is 0.534 e. The van der Waals surface area contributed by atoms with Crippen molar-refractivity contribution in [3.05, 3.63) is 30.9 Å². The average molecular weight is 278 g/mol. The number of hydrogen-bond donors (Lipinski definition) is 0. The van der Waals surface area contributed by atoms with Crippen LogP contribution >= 0.6 is 0 Å². The van der Waals surface area contributed by atoms with Gasteiger partial charge in [-0.2, -0.15) is 21.6 Å². The molecule has 0 saturated heterocycles. The number of nitrogens with zero attached hydrogens (tertiary/aromatic N) is 2. The molecule has 2 aliphatic heterocycles. The molecule has 0 spiro atoms. The third-order valence-corrected chi connectivity index (χ3v) is 2.97. The van der Waals surface area contributed by atoms with E-state index in [0.717, 1.165) is 12.3 Å². The van der Waals surface area contributed by atoms with Gasteiger partial charge in [0.25, 0.3) is 0 Å². The Bertz CT molecular complexity index is 642. The molecule has 96 valence electrons. The summed E-state index contributed by atoms with van der Waals surface area (Å²) in [5.41, 5.74) is -4.99. The first-order chi connectivity index (χ1) is 8.31. The van der Waals surface area contributed by atoms with Crippen molar-refractivity contribution < 1.29 is 25.8 Å². The van der Waals surface area contributed by atoms with E-state index in [4.69, 9.17) is 0 Å². The maximum atomic E-state index is 12.2. The lowest BCUT2D eigenvalue weighted by molar-refractivity contribution is -0.0499. The average Bonchev–Trinajstić information content (AvgIpc) is 2.62. The lowest BCUT2D eigenvalue weighted by Gasteiger charge is -2.09. The van der Waals surface area contributed by atoms with Gasteiger partial charge in [0.1, 0.15) is 0 Å². The number of hydrogen-bond acceptors (Lipinski definition) is 5. The molecular weight excluding hydrogens is 273 g/mol. The molecule has 18 heavy (non-hydrogen) atoms. The predicted molar refractivity (Wildman–Crippen MR) is 54.3 cm³/mol. The second kappa shape index (κ2) is 4.09. The minimum absolute atomic E-state index is 0.125. The van der Waals surface area contributed by atoms with Gasteiger partial charge in [-0.25, -0.2) is 0 Å². The van der Waals surface area contributed by atoms with E-state index >= 15 is 0 Å². The van der Waals surface area contributed by atoms with Crippen LogP contribution in [-0.4, -0.2) is 23.9 Å². The predicted octanol–water partition coefficient (Wildman–Crippen LogP) is 1.81. The van der Waals surface area contributed by atoms with E-state index in [1.54, 1.807) is 0 Å². The number of fused-ring (bicyclic) bond motifs is 1. The van der Waals surface area contributed by atoms with E-state index in [-0.39, 0.29) is 5.56 Å². The summed E-state index contributed by atoms with van der Waals surface area (Å²) in [7, 11) is -5.71. The second-order valence-electron chi connectivity index (χ2n) is 3.22. The van der Waals surface area contributed by atoms with Crippen LogP contribution in [0.1, 0.15) is 0 Å². The highest BCUT2D eigenvalue weighted by Gasteiger charge is 2.48. The zero-order chi connectivity index (χ0) is 13.4. The molecule has 2 heterocycles. The van der Waals surface area contributed by atoms with Gasteiger partial charge in [-0.15, -0.1) is 0 Å². The Morgan fingerprint density at radius 1 is 1.11 bits per heavy atom. The molecule has 0 aromatic rings. The molecule has 2 aliphatic rings. The summed E-state index contributed by atoms with van der Waals surface area (Å²) in [6.45, 7) is 0. The first-order valence-electron chi connectivity index (χ1n) is 4.50. The van der Waals surface area contributed by atoms with Crippen molar-refractivity contribution >= 4 is 10.1 Å². The fourth-order valence-corrected chi connectivity index (χ4v) is 1.68. The highest BCUT2D eigenvalue weighted by Crippen LogP contribution is 2.33. The van der Waals surface area contributed by atoms with Crippen LogP contribution in [0.3, 0.4) is 0 Å². The fraction of sp³-hybridized carbons (Fsp3) is 0.111. The van der Waals surface area contributed by atoms with Gasteiger partial charge in [0.15, 0.2) is 5.75 Å². The number of alkyl halides is 3. The molecule has 0 bridgehead atoms. The Morgan fingerprint density at radius 3 is 2.44 bits per heavy atom. The number of rotatable bonds is 2. The van der Waals surface area contributed by atoms with Crippen molar-refractivity contribution in [2.75, 3.05) is 0 Å². The summed E-state index contributed by atoms with van der Waals surface area (Å²) in [6, 6.07) is 1.02. The molecule has 2 rings (SSSR count). The molecular formula is C9H5F3N2O3S. The van der Waals surface area contributed by atoms with Gasteiger partial charge in [0.05, 0.1) is 0 Å². The molecule has 0 amide bonds.